The molecule has 1 aromatic heterocycles. The van der Waals surface area contributed by atoms with E-state index in [1.165, 1.54) is 64.8 Å². The van der Waals surface area contributed by atoms with Gasteiger partial charge in [0.25, 0.3) is 0 Å². The van der Waals surface area contributed by atoms with E-state index in [2.05, 4.69) is 151 Å². The Kier molecular flexibility index (Phi) is 8.41. The standard InChI is InChI=1S/C58H51NS2/c1-3-13-39(14-4-1)45-34-35-46(49-18-8-7-17-48(45)49)41-27-32-44(33-28-41)59(43-30-25-38(26-31-43)42-29-36-56-53(37-42)50-19-9-10-24-55(50)60-56)54-23-12-22-52-51-21-11-20-47(57(51)61-58(52)54)40-15-5-2-6-16-40/h1-8,10-11,13,15-18,20-22,24-25,27-32,34-39,44,46,49,53,56H,9,12,14,19,23,26,33H2/t38?,39?,44?,46?,49-,53?,56?/m1/s1/i1D,3D,4D,13D,14D/t14?,38?,39?,44?,46?,49-,53?,56?. The Hall–Kier alpha value is -5.35. The topological polar surface area (TPSA) is 3.24 Å². The molecule has 3 heteroatoms. The highest BCUT2D eigenvalue weighted by atomic mass is 32.2. The van der Waals surface area contributed by atoms with Crippen molar-refractivity contribution in [3.63, 3.8) is 0 Å². The molecule has 61 heavy (non-hydrogen) atoms. The average Bonchev–Trinajstić information content (AvgIpc) is 3.95. The molecule has 300 valence electrons. The Labute approximate surface area is 376 Å². The number of hydrogen-bond acceptors (Lipinski definition) is 3. The number of rotatable bonds is 7. The minimum atomic E-state index is -1.09. The van der Waals surface area contributed by atoms with Gasteiger partial charge in [-0.05, 0) is 95.2 Å². The molecule has 12 rings (SSSR count). The predicted molar refractivity (Wildman–Crippen MR) is 262 cm³/mol. The molecule has 0 N–H and O–H groups in total. The fourth-order valence-electron chi connectivity index (χ4n) is 11.0. The average molecular weight is 831 g/mol. The molecular weight excluding hydrogens is 775 g/mol. The van der Waals surface area contributed by atoms with Crippen LogP contribution >= 0.6 is 23.1 Å². The summed E-state index contributed by atoms with van der Waals surface area (Å²) >= 11 is 3.99. The molecule has 0 bridgehead atoms. The van der Waals surface area contributed by atoms with Crippen molar-refractivity contribution in [1.29, 1.82) is 0 Å². The molecule has 0 amide bonds. The molecule has 0 fully saturated rings. The molecule has 7 unspecified atom stereocenters. The number of benzene rings is 2. The lowest BCUT2D eigenvalue weighted by atomic mass is 9.70. The molecule has 0 spiro atoms. The van der Waals surface area contributed by atoms with Crippen molar-refractivity contribution in [2.75, 3.05) is 0 Å². The van der Waals surface area contributed by atoms with E-state index < -0.39 is 12.3 Å². The molecule has 0 radical (unpaired) electrons. The number of hydrogen-bond donors (Lipinski definition) is 0. The smallest absolute Gasteiger partial charge is 0.0619 e. The molecule has 8 aliphatic carbocycles. The van der Waals surface area contributed by atoms with Crippen molar-refractivity contribution in [3.05, 3.63) is 224 Å². The first-order valence-corrected chi connectivity index (χ1v) is 23.9. The van der Waals surface area contributed by atoms with Gasteiger partial charge in [0.1, 0.15) is 0 Å². The predicted octanol–water partition coefficient (Wildman–Crippen LogP) is 13.5. The summed E-state index contributed by atoms with van der Waals surface area (Å²) in [5, 5.41) is 3.22. The maximum absolute atomic E-state index is 8.89. The van der Waals surface area contributed by atoms with E-state index >= 15 is 0 Å². The molecule has 1 nitrogen and oxygen atoms in total. The molecule has 0 saturated carbocycles. The Bertz CT molecular complexity index is 3170. The van der Waals surface area contributed by atoms with Crippen LogP contribution in [0.4, 0.5) is 0 Å². The van der Waals surface area contributed by atoms with Crippen molar-refractivity contribution in [1.82, 2.24) is 4.90 Å². The Balaban J connectivity index is 0.891. The Morgan fingerprint density at radius 3 is 2.56 bits per heavy atom. The fourth-order valence-corrected chi connectivity index (χ4v) is 13.8. The van der Waals surface area contributed by atoms with Crippen molar-refractivity contribution in [2.45, 2.75) is 56.2 Å². The quantitative estimate of drug-likeness (QED) is 0.233. The van der Waals surface area contributed by atoms with E-state index in [0.717, 1.165) is 43.3 Å². The van der Waals surface area contributed by atoms with Crippen LogP contribution in [0.3, 0.4) is 0 Å². The highest BCUT2D eigenvalue weighted by Gasteiger charge is 2.36. The van der Waals surface area contributed by atoms with Gasteiger partial charge < -0.3 is 4.90 Å². The zero-order valence-corrected chi connectivity index (χ0v) is 35.8. The molecule has 2 aromatic carbocycles. The fraction of sp³-hybridized carbons (Fsp3) is 0.241. The van der Waals surface area contributed by atoms with Gasteiger partial charge in [-0.2, -0.15) is 0 Å². The van der Waals surface area contributed by atoms with Crippen LogP contribution in [0.5, 0.6) is 0 Å². The van der Waals surface area contributed by atoms with Gasteiger partial charge in [-0.15, -0.1) is 23.1 Å². The minimum Gasteiger partial charge on any atom is -0.337 e. The third-order valence-corrected chi connectivity index (χ3v) is 16.7. The third-order valence-electron chi connectivity index (χ3n) is 14.0. The molecule has 8 atom stereocenters. The molecule has 3 aromatic rings. The highest BCUT2D eigenvalue weighted by Crippen LogP contribution is 2.50. The first-order chi connectivity index (χ1) is 32.3. The van der Waals surface area contributed by atoms with Crippen LogP contribution in [-0.4, -0.2) is 16.2 Å². The van der Waals surface area contributed by atoms with Crippen LogP contribution in [0.15, 0.2) is 214 Å². The number of fused-ring (bicyclic) bond motifs is 6. The van der Waals surface area contributed by atoms with Gasteiger partial charge in [-0.3, -0.25) is 0 Å². The van der Waals surface area contributed by atoms with Gasteiger partial charge in [-0.25, -0.2) is 0 Å². The lowest BCUT2D eigenvalue weighted by Crippen LogP contribution is -2.39. The maximum atomic E-state index is 8.89. The summed E-state index contributed by atoms with van der Waals surface area (Å²) in [4.78, 5) is 4.17. The Morgan fingerprint density at radius 1 is 0.705 bits per heavy atom. The zero-order chi connectivity index (χ0) is 44.6. The zero-order valence-electron chi connectivity index (χ0n) is 39.1. The second-order valence-electron chi connectivity index (χ2n) is 17.4. The normalized spacial score (nSPS) is 32.3. The Morgan fingerprint density at radius 2 is 1.66 bits per heavy atom. The number of thioether (sulfide) groups is 1. The van der Waals surface area contributed by atoms with Gasteiger partial charge in [0.05, 0.1) is 16.1 Å². The summed E-state index contributed by atoms with van der Waals surface area (Å²) in [6, 6.07) is 16.9. The maximum Gasteiger partial charge on any atom is 0.0619 e. The first kappa shape index (κ1) is 32.4. The van der Waals surface area contributed by atoms with E-state index in [9.17, 15) is 0 Å². The number of nitrogens with zero attached hydrogens (tertiary/aromatic N) is 1. The summed E-state index contributed by atoms with van der Waals surface area (Å²) in [7, 11) is 0. The van der Waals surface area contributed by atoms with E-state index in [0.29, 0.717) is 17.1 Å². The molecule has 0 saturated heterocycles. The SMILES string of the molecule is [2H]C1=C([2H])C([2H])C(C2=C3C=CC=C[C@@H]3C(C3=CCC(N(C4=CCC(C5=CC6C7=C(C=CCC7)SC6C=C5)C=C4)C4=c5sc6c(-c7ccccc7)cccc6c5=CCC4)C=C3)C=C2)C([2H])=C1[2H]. The van der Waals surface area contributed by atoms with Crippen molar-refractivity contribution < 1.29 is 6.85 Å². The monoisotopic (exact) mass is 830 g/mol. The third kappa shape index (κ3) is 6.67. The summed E-state index contributed by atoms with van der Waals surface area (Å²) in [5.41, 5.74) is 11.4. The van der Waals surface area contributed by atoms with E-state index in [4.69, 9.17) is 6.85 Å². The largest absolute Gasteiger partial charge is 0.337 e. The van der Waals surface area contributed by atoms with Crippen LogP contribution in [-0.2, 0) is 0 Å². The first-order valence-electron chi connectivity index (χ1n) is 24.8. The van der Waals surface area contributed by atoms with Crippen LogP contribution in [0.2, 0.25) is 0 Å². The van der Waals surface area contributed by atoms with Gasteiger partial charge in [-0.1, -0.05) is 176 Å². The van der Waals surface area contributed by atoms with Crippen LogP contribution in [0.1, 0.15) is 51.8 Å². The second kappa shape index (κ2) is 15.8. The van der Waals surface area contributed by atoms with Gasteiger partial charge in [0.2, 0.25) is 0 Å². The summed E-state index contributed by atoms with van der Waals surface area (Å²) in [5.74, 6) is 0.184. The minimum absolute atomic E-state index is 0.00564. The van der Waals surface area contributed by atoms with Crippen molar-refractivity contribution in [3.8, 4) is 11.1 Å². The molecule has 9 aliphatic rings. The highest BCUT2D eigenvalue weighted by molar-refractivity contribution is 8.04. The van der Waals surface area contributed by atoms with Crippen LogP contribution in [0.25, 0.3) is 33.0 Å². The molecular formula is C58H51NS2. The van der Waals surface area contributed by atoms with Gasteiger partial charge in [0, 0.05) is 62.6 Å². The van der Waals surface area contributed by atoms with Gasteiger partial charge >= 0.3 is 0 Å². The van der Waals surface area contributed by atoms with Crippen LogP contribution in [0, 0.1) is 29.6 Å². The van der Waals surface area contributed by atoms with E-state index in [1.54, 1.807) is 5.57 Å². The lowest BCUT2D eigenvalue weighted by molar-refractivity contribution is 0.402. The van der Waals surface area contributed by atoms with E-state index in [1.807, 2.05) is 35.3 Å². The number of allylic oxidation sites excluding steroid dienone is 23. The number of thiophene rings is 1. The van der Waals surface area contributed by atoms with Crippen LogP contribution < -0.4 is 9.75 Å². The van der Waals surface area contributed by atoms with Crippen molar-refractivity contribution >= 4 is 45.0 Å². The summed E-state index contributed by atoms with van der Waals surface area (Å²) in [6.45, 7) is 0. The van der Waals surface area contributed by atoms with E-state index in [-0.39, 0.29) is 42.1 Å². The molecule has 2 heterocycles. The summed E-state index contributed by atoms with van der Waals surface area (Å²) < 4.78 is 45.5. The second-order valence-corrected chi connectivity index (χ2v) is 19.6. The summed E-state index contributed by atoms with van der Waals surface area (Å²) in [6.07, 6.45) is 46.9. The van der Waals surface area contributed by atoms with Crippen molar-refractivity contribution in [2.24, 2.45) is 29.6 Å². The lowest BCUT2D eigenvalue weighted by Gasteiger charge is -2.39. The molecule has 1 aliphatic heterocycles. The van der Waals surface area contributed by atoms with Gasteiger partial charge in [0.15, 0.2) is 0 Å².